The van der Waals surface area contributed by atoms with E-state index in [9.17, 15) is 19.5 Å². The first-order valence-corrected chi connectivity index (χ1v) is 15.4. The van der Waals surface area contributed by atoms with Gasteiger partial charge in [0, 0.05) is 92.8 Å². The van der Waals surface area contributed by atoms with Gasteiger partial charge in [0.15, 0.2) is 5.43 Å². The van der Waals surface area contributed by atoms with Crippen molar-refractivity contribution in [2.75, 3.05) is 42.5 Å². The molecule has 2 fully saturated rings. The lowest BCUT2D eigenvalue weighted by Gasteiger charge is -2.40. The van der Waals surface area contributed by atoms with Crippen LogP contribution in [0.2, 0.25) is 0 Å². The number of hydrogen-bond donors (Lipinski definition) is 1. The van der Waals surface area contributed by atoms with Crippen molar-refractivity contribution in [2.45, 2.75) is 45.8 Å². The number of pyridine rings is 3. The molecule has 0 unspecified atom stereocenters. The summed E-state index contributed by atoms with van der Waals surface area (Å²) in [7, 11) is 1.92. The molecule has 4 aromatic rings. The van der Waals surface area contributed by atoms with E-state index in [0.717, 1.165) is 59.0 Å². The smallest absolute Gasteiger partial charge is 0.407 e. The first-order chi connectivity index (χ1) is 21.7. The van der Waals surface area contributed by atoms with Crippen LogP contribution in [0.1, 0.15) is 35.4 Å². The van der Waals surface area contributed by atoms with Crippen molar-refractivity contribution in [1.29, 1.82) is 0 Å². The molecule has 2 saturated heterocycles. The lowest BCUT2D eigenvalue weighted by Crippen LogP contribution is -2.52. The maximum absolute atomic E-state index is 14.0. The van der Waals surface area contributed by atoms with E-state index in [2.05, 4.69) is 31.9 Å². The first kappa shape index (κ1) is 30.3. The van der Waals surface area contributed by atoms with Crippen molar-refractivity contribution >= 4 is 34.3 Å². The average Bonchev–Trinajstić information content (AvgIpc) is 3.03. The second-order valence-corrected chi connectivity index (χ2v) is 12.2. The van der Waals surface area contributed by atoms with E-state index in [-0.39, 0.29) is 37.0 Å². The summed E-state index contributed by atoms with van der Waals surface area (Å²) in [6.45, 7) is 7.31. The zero-order valence-electron chi connectivity index (χ0n) is 26.0. The fraction of sp³-hybridized carbons (Fsp3) is 0.382. The van der Waals surface area contributed by atoms with Gasteiger partial charge in [0.25, 0.3) is 0 Å². The molecule has 11 nitrogen and oxygen atoms in total. The van der Waals surface area contributed by atoms with Gasteiger partial charge in [0.05, 0.1) is 17.4 Å². The first-order valence-electron chi connectivity index (χ1n) is 15.4. The minimum absolute atomic E-state index is 0.0250. The summed E-state index contributed by atoms with van der Waals surface area (Å²) in [5.41, 5.74) is 6.30. The number of fused-ring (bicyclic) bond motifs is 1. The average molecular weight is 610 g/mol. The van der Waals surface area contributed by atoms with Gasteiger partial charge in [-0.1, -0.05) is 0 Å². The second kappa shape index (κ2) is 12.7. The highest BCUT2D eigenvalue weighted by Gasteiger charge is 2.29. The fourth-order valence-electron chi connectivity index (χ4n) is 6.53. The van der Waals surface area contributed by atoms with Crippen LogP contribution in [0.5, 0.6) is 0 Å². The molecule has 0 saturated carbocycles. The van der Waals surface area contributed by atoms with E-state index in [1.54, 1.807) is 17.0 Å². The van der Waals surface area contributed by atoms with Crippen molar-refractivity contribution in [2.24, 2.45) is 7.05 Å². The zero-order valence-corrected chi connectivity index (χ0v) is 26.0. The number of amides is 2. The normalized spacial score (nSPS) is 17.4. The number of piperazine rings is 1. The molecular formula is C34H39N7O4. The summed E-state index contributed by atoms with van der Waals surface area (Å²) in [6, 6.07) is 14.0. The molecule has 0 aliphatic carbocycles. The zero-order chi connectivity index (χ0) is 31.7. The molecule has 234 valence electrons. The molecule has 5 heterocycles. The molecule has 2 aliphatic heterocycles. The topological polar surface area (TPSA) is 115 Å². The van der Waals surface area contributed by atoms with Crippen LogP contribution in [0.15, 0.2) is 65.8 Å². The minimum Gasteiger partial charge on any atom is -0.465 e. The van der Waals surface area contributed by atoms with Gasteiger partial charge in [-0.3, -0.25) is 29.4 Å². The quantitative estimate of drug-likeness (QED) is 0.335. The molecule has 1 aromatic carbocycles. The lowest BCUT2D eigenvalue weighted by atomic mass is 10.0. The number of piperidine rings is 1. The third-order valence-corrected chi connectivity index (χ3v) is 8.94. The number of benzene rings is 1. The van der Waals surface area contributed by atoms with Gasteiger partial charge in [-0.05, 0) is 74.7 Å². The molecule has 0 bridgehead atoms. The Bertz CT molecular complexity index is 1790. The Hall–Kier alpha value is -4.77. The number of aryl methyl sites for hydroxylation is 3. The number of aromatic nitrogens is 3. The van der Waals surface area contributed by atoms with E-state index < -0.39 is 6.09 Å². The van der Waals surface area contributed by atoms with Crippen molar-refractivity contribution in [3.8, 4) is 0 Å². The third kappa shape index (κ3) is 6.53. The van der Waals surface area contributed by atoms with Crippen molar-refractivity contribution < 1.29 is 14.7 Å². The minimum atomic E-state index is -1.10. The Morgan fingerprint density at radius 2 is 1.80 bits per heavy atom. The molecule has 1 atom stereocenters. The van der Waals surface area contributed by atoms with E-state index in [0.29, 0.717) is 29.7 Å². The van der Waals surface area contributed by atoms with Crippen LogP contribution in [-0.2, 0) is 24.9 Å². The van der Waals surface area contributed by atoms with Crippen LogP contribution in [0.4, 0.5) is 16.2 Å². The number of carbonyl (C=O) groups is 2. The highest BCUT2D eigenvalue weighted by molar-refractivity contribution is 5.99. The molecule has 0 spiro atoms. The number of hydrogen-bond acceptors (Lipinski definition) is 7. The number of anilines is 2. The molecule has 0 radical (unpaired) electrons. The van der Waals surface area contributed by atoms with Crippen LogP contribution in [0.3, 0.4) is 0 Å². The van der Waals surface area contributed by atoms with Gasteiger partial charge in [-0.15, -0.1) is 0 Å². The predicted molar refractivity (Wildman–Crippen MR) is 174 cm³/mol. The van der Waals surface area contributed by atoms with Gasteiger partial charge in [-0.2, -0.15) is 0 Å². The number of carboxylic acid groups (broad SMARTS) is 1. The molecule has 3 aromatic heterocycles. The molecule has 6 rings (SSSR count). The molecule has 1 N–H and O–H groups in total. The van der Waals surface area contributed by atoms with Crippen LogP contribution in [0.25, 0.3) is 10.9 Å². The van der Waals surface area contributed by atoms with Gasteiger partial charge < -0.3 is 19.5 Å². The van der Waals surface area contributed by atoms with Gasteiger partial charge in [0.1, 0.15) is 6.54 Å². The van der Waals surface area contributed by atoms with E-state index in [1.807, 2.05) is 62.3 Å². The van der Waals surface area contributed by atoms with E-state index >= 15 is 0 Å². The number of nitrogens with zero attached hydrogens (tertiary/aromatic N) is 7. The summed E-state index contributed by atoms with van der Waals surface area (Å²) in [6.07, 6.45) is 6.67. The van der Waals surface area contributed by atoms with Crippen molar-refractivity contribution in [1.82, 2.24) is 24.3 Å². The monoisotopic (exact) mass is 609 g/mol. The Morgan fingerprint density at radius 3 is 2.53 bits per heavy atom. The van der Waals surface area contributed by atoms with Crippen molar-refractivity contribution in [3.05, 3.63) is 93.8 Å². The van der Waals surface area contributed by atoms with Crippen LogP contribution in [-0.4, -0.2) is 80.2 Å². The largest absolute Gasteiger partial charge is 0.465 e. The molecule has 45 heavy (non-hydrogen) atoms. The summed E-state index contributed by atoms with van der Waals surface area (Å²) in [5.74, 6) is -0.283. The highest BCUT2D eigenvalue weighted by atomic mass is 16.4. The Morgan fingerprint density at radius 1 is 0.978 bits per heavy atom. The molecule has 11 heteroatoms. The van der Waals surface area contributed by atoms with Gasteiger partial charge >= 0.3 is 6.09 Å². The maximum atomic E-state index is 14.0. The molecular weight excluding hydrogens is 570 g/mol. The van der Waals surface area contributed by atoms with E-state index in [4.69, 9.17) is 0 Å². The molecule has 2 amide bonds. The number of rotatable bonds is 7. The summed E-state index contributed by atoms with van der Waals surface area (Å²) >= 11 is 0. The van der Waals surface area contributed by atoms with Crippen LogP contribution in [0, 0.1) is 13.8 Å². The highest BCUT2D eigenvalue weighted by Crippen LogP contribution is 2.26. The second-order valence-electron chi connectivity index (χ2n) is 12.2. The number of carbonyl (C=O) groups excluding carboxylic acids is 1. The van der Waals surface area contributed by atoms with Gasteiger partial charge in [0.2, 0.25) is 5.91 Å². The summed E-state index contributed by atoms with van der Waals surface area (Å²) in [4.78, 5) is 54.5. The standard InChI is InChI=1S/C34H39N7O4/c1-23-6-7-28(17-36-23)38-12-4-5-29(21-38)40(18-25-10-11-35-24(2)15-25)20-26-19-37(3)31-16-27(8-9-30(31)33(26)43)41-14-13-39(34(44)45)22-32(41)42/h6-11,15-17,19,29H,4-5,12-14,18,20-22H2,1-3H3,(H,44,45)/t29-/m0/s1. The fourth-order valence-corrected chi connectivity index (χ4v) is 6.53. The Labute approximate surface area is 262 Å². The Balaban J connectivity index is 1.29. The van der Waals surface area contributed by atoms with E-state index in [1.165, 1.54) is 0 Å². The van der Waals surface area contributed by atoms with Gasteiger partial charge in [-0.25, -0.2) is 4.79 Å². The predicted octanol–water partition coefficient (Wildman–Crippen LogP) is 3.94. The third-order valence-electron chi connectivity index (χ3n) is 8.94. The summed E-state index contributed by atoms with van der Waals surface area (Å²) in [5, 5.41) is 9.86. The van der Waals surface area contributed by atoms with Crippen LogP contribution >= 0.6 is 0 Å². The SMILES string of the molecule is Cc1ccc(N2CCC[C@H](N(Cc3ccnc(C)c3)Cc3cn(C)c4cc(N5CCN(C(=O)O)CC5=O)ccc4c3=O)C2)cn1. The van der Waals surface area contributed by atoms with Crippen LogP contribution < -0.4 is 15.2 Å². The van der Waals surface area contributed by atoms with Crippen molar-refractivity contribution in [3.63, 3.8) is 0 Å². The molecule has 2 aliphatic rings. The lowest BCUT2D eigenvalue weighted by molar-refractivity contribution is -0.120. The Kier molecular flexibility index (Phi) is 8.53. The maximum Gasteiger partial charge on any atom is 0.407 e. The summed E-state index contributed by atoms with van der Waals surface area (Å²) < 4.78 is 1.95.